The zero-order valence-electron chi connectivity index (χ0n) is 11.4. The van der Waals surface area contributed by atoms with Gasteiger partial charge in [0.2, 0.25) is 0 Å². The van der Waals surface area contributed by atoms with Gasteiger partial charge in [-0.15, -0.1) is 0 Å². The summed E-state index contributed by atoms with van der Waals surface area (Å²) >= 11 is 0. The molecule has 1 aliphatic rings. The Morgan fingerprint density at radius 1 is 1.47 bits per heavy atom. The lowest BCUT2D eigenvalue weighted by Gasteiger charge is -2.33. The maximum Gasteiger partial charge on any atom is 0.256 e. The number of nitrogens with two attached hydrogens (primary N) is 1. The summed E-state index contributed by atoms with van der Waals surface area (Å²) in [6.45, 7) is 3.84. The van der Waals surface area contributed by atoms with E-state index < -0.39 is 6.10 Å². The van der Waals surface area contributed by atoms with Gasteiger partial charge in [-0.05, 0) is 25.3 Å². The van der Waals surface area contributed by atoms with Crippen molar-refractivity contribution in [2.75, 3.05) is 19.7 Å². The van der Waals surface area contributed by atoms with Crippen LogP contribution in [0.3, 0.4) is 0 Å². The highest BCUT2D eigenvalue weighted by Crippen LogP contribution is 2.22. The van der Waals surface area contributed by atoms with Gasteiger partial charge in [0.25, 0.3) is 5.91 Å². The SMILES string of the molecule is CCO[C@H](C(=O)N1CCC[C@H](N)C1)c1ccccc1. The monoisotopic (exact) mass is 262 g/mol. The maximum absolute atomic E-state index is 12.6. The molecule has 1 saturated heterocycles. The number of benzene rings is 1. The van der Waals surface area contributed by atoms with Crippen LogP contribution in [-0.2, 0) is 9.53 Å². The van der Waals surface area contributed by atoms with Crippen LogP contribution >= 0.6 is 0 Å². The zero-order valence-corrected chi connectivity index (χ0v) is 11.4. The number of hydrogen-bond acceptors (Lipinski definition) is 3. The number of piperidine rings is 1. The first-order valence-corrected chi connectivity index (χ1v) is 6.93. The molecular formula is C15H22N2O2. The molecule has 2 atom stereocenters. The molecule has 1 fully saturated rings. The van der Waals surface area contributed by atoms with Crippen LogP contribution in [0.2, 0.25) is 0 Å². The molecule has 1 aromatic rings. The molecule has 19 heavy (non-hydrogen) atoms. The van der Waals surface area contributed by atoms with E-state index in [2.05, 4.69) is 0 Å². The summed E-state index contributed by atoms with van der Waals surface area (Å²) in [5.41, 5.74) is 6.85. The Hall–Kier alpha value is -1.39. The molecule has 0 aromatic heterocycles. The van der Waals surface area contributed by atoms with Gasteiger partial charge in [-0.3, -0.25) is 4.79 Å². The first kappa shape index (κ1) is 14.0. The van der Waals surface area contributed by atoms with Crippen molar-refractivity contribution in [3.8, 4) is 0 Å². The van der Waals surface area contributed by atoms with Crippen LogP contribution < -0.4 is 5.73 Å². The minimum atomic E-state index is -0.503. The number of hydrogen-bond donors (Lipinski definition) is 1. The van der Waals surface area contributed by atoms with Crippen molar-refractivity contribution in [2.45, 2.75) is 31.9 Å². The predicted molar refractivity (Wildman–Crippen MR) is 74.6 cm³/mol. The standard InChI is InChI=1S/C15H22N2O2/c1-2-19-14(12-7-4-3-5-8-12)15(18)17-10-6-9-13(16)11-17/h3-5,7-8,13-14H,2,6,9-11,16H2,1H3/t13-,14-/m0/s1. The summed E-state index contributed by atoms with van der Waals surface area (Å²) < 4.78 is 5.65. The summed E-state index contributed by atoms with van der Waals surface area (Å²) in [7, 11) is 0. The van der Waals surface area contributed by atoms with Crippen LogP contribution in [0.1, 0.15) is 31.4 Å². The van der Waals surface area contributed by atoms with Gasteiger partial charge in [0.05, 0.1) is 0 Å². The minimum Gasteiger partial charge on any atom is -0.364 e. The molecule has 0 unspecified atom stereocenters. The first-order chi connectivity index (χ1) is 9.22. The predicted octanol–water partition coefficient (Wildman–Crippen LogP) is 1.71. The van der Waals surface area contributed by atoms with Crippen LogP contribution in [0.25, 0.3) is 0 Å². The van der Waals surface area contributed by atoms with Crippen molar-refractivity contribution in [3.63, 3.8) is 0 Å². The Labute approximate surface area is 114 Å². The van der Waals surface area contributed by atoms with Gasteiger partial charge in [0.15, 0.2) is 6.10 Å². The van der Waals surface area contributed by atoms with E-state index in [1.54, 1.807) is 0 Å². The quantitative estimate of drug-likeness (QED) is 0.898. The van der Waals surface area contributed by atoms with Crippen LogP contribution in [0.4, 0.5) is 0 Å². The molecule has 0 spiro atoms. The Bertz CT molecular complexity index is 408. The second-order valence-electron chi connectivity index (χ2n) is 4.93. The molecular weight excluding hydrogens is 240 g/mol. The van der Waals surface area contributed by atoms with Gasteiger partial charge < -0.3 is 15.4 Å². The van der Waals surface area contributed by atoms with Gasteiger partial charge in [0, 0.05) is 25.7 Å². The lowest BCUT2D eigenvalue weighted by atomic mass is 10.0. The highest BCUT2D eigenvalue weighted by Gasteiger charge is 2.29. The number of rotatable bonds is 4. The van der Waals surface area contributed by atoms with Gasteiger partial charge in [-0.1, -0.05) is 30.3 Å². The maximum atomic E-state index is 12.6. The third kappa shape index (κ3) is 3.55. The third-order valence-electron chi connectivity index (χ3n) is 3.43. The minimum absolute atomic E-state index is 0.0307. The summed E-state index contributed by atoms with van der Waals surface area (Å²) in [6, 6.07) is 9.75. The average molecular weight is 262 g/mol. The number of nitrogens with zero attached hydrogens (tertiary/aromatic N) is 1. The van der Waals surface area contributed by atoms with Crippen molar-refractivity contribution >= 4 is 5.91 Å². The number of likely N-dealkylation sites (tertiary alicyclic amines) is 1. The molecule has 4 heteroatoms. The summed E-state index contributed by atoms with van der Waals surface area (Å²) in [5, 5.41) is 0. The Morgan fingerprint density at radius 2 is 2.21 bits per heavy atom. The Kier molecular flexibility index (Phi) is 4.93. The zero-order chi connectivity index (χ0) is 13.7. The summed E-state index contributed by atoms with van der Waals surface area (Å²) in [4.78, 5) is 14.4. The van der Waals surface area contributed by atoms with E-state index in [1.807, 2.05) is 42.2 Å². The molecule has 2 rings (SSSR count). The lowest BCUT2D eigenvalue weighted by molar-refractivity contribution is -0.145. The molecule has 0 saturated carbocycles. The van der Waals surface area contributed by atoms with E-state index in [-0.39, 0.29) is 11.9 Å². The normalized spacial score (nSPS) is 21.2. The molecule has 1 heterocycles. The van der Waals surface area contributed by atoms with Gasteiger partial charge >= 0.3 is 0 Å². The largest absolute Gasteiger partial charge is 0.364 e. The fourth-order valence-electron chi connectivity index (χ4n) is 2.48. The van der Waals surface area contributed by atoms with Gasteiger partial charge in [-0.2, -0.15) is 0 Å². The van der Waals surface area contributed by atoms with E-state index in [9.17, 15) is 4.79 Å². The van der Waals surface area contributed by atoms with E-state index in [1.165, 1.54) is 0 Å². The molecule has 0 bridgehead atoms. The second kappa shape index (κ2) is 6.68. The van der Waals surface area contributed by atoms with E-state index in [4.69, 9.17) is 10.5 Å². The second-order valence-corrected chi connectivity index (χ2v) is 4.93. The van der Waals surface area contributed by atoms with E-state index >= 15 is 0 Å². The smallest absolute Gasteiger partial charge is 0.256 e. The van der Waals surface area contributed by atoms with Crippen molar-refractivity contribution in [1.29, 1.82) is 0 Å². The highest BCUT2D eigenvalue weighted by molar-refractivity contribution is 5.82. The first-order valence-electron chi connectivity index (χ1n) is 6.93. The molecule has 2 N–H and O–H groups in total. The molecule has 0 radical (unpaired) electrons. The topological polar surface area (TPSA) is 55.6 Å². The number of carbonyl (C=O) groups is 1. The van der Waals surface area contributed by atoms with Gasteiger partial charge in [0.1, 0.15) is 0 Å². The molecule has 1 amide bonds. The van der Waals surface area contributed by atoms with Gasteiger partial charge in [-0.25, -0.2) is 0 Å². The van der Waals surface area contributed by atoms with Crippen molar-refractivity contribution in [3.05, 3.63) is 35.9 Å². The fraction of sp³-hybridized carbons (Fsp3) is 0.533. The van der Waals surface area contributed by atoms with Crippen molar-refractivity contribution in [2.24, 2.45) is 5.73 Å². The molecule has 4 nitrogen and oxygen atoms in total. The molecule has 0 aliphatic carbocycles. The van der Waals surface area contributed by atoms with Crippen LogP contribution in [0, 0.1) is 0 Å². The highest BCUT2D eigenvalue weighted by atomic mass is 16.5. The van der Waals surface area contributed by atoms with E-state index in [0.29, 0.717) is 13.2 Å². The Morgan fingerprint density at radius 3 is 2.84 bits per heavy atom. The number of amides is 1. The number of ether oxygens (including phenoxy) is 1. The van der Waals surface area contributed by atoms with E-state index in [0.717, 1.165) is 24.9 Å². The lowest BCUT2D eigenvalue weighted by Crippen LogP contribution is -2.47. The molecule has 1 aliphatic heterocycles. The third-order valence-corrected chi connectivity index (χ3v) is 3.43. The number of carbonyl (C=O) groups excluding carboxylic acids is 1. The van der Waals surface area contributed by atoms with Crippen LogP contribution in [0.5, 0.6) is 0 Å². The van der Waals surface area contributed by atoms with Crippen LogP contribution in [0.15, 0.2) is 30.3 Å². The summed E-state index contributed by atoms with van der Waals surface area (Å²) in [5.74, 6) is 0.0307. The molecule has 104 valence electrons. The van der Waals surface area contributed by atoms with Crippen LogP contribution in [-0.4, -0.2) is 36.5 Å². The fourth-order valence-corrected chi connectivity index (χ4v) is 2.48. The Balaban J connectivity index is 2.12. The molecule has 1 aromatic carbocycles. The summed E-state index contributed by atoms with van der Waals surface area (Å²) in [6.07, 6.45) is 1.46. The average Bonchev–Trinajstić information content (AvgIpc) is 2.45. The van der Waals surface area contributed by atoms with Crippen molar-refractivity contribution < 1.29 is 9.53 Å². The van der Waals surface area contributed by atoms with Crippen molar-refractivity contribution in [1.82, 2.24) is 4.90 Å².